The first-order chi connectivity index (χ1) is 10.7. The van der Waals surface area contributed by atoms with E-state index in [9.17, 15) is 9.59 Å². The molecule has 0 unspecified atom stereocenters. The molecule has 0 bridgehead atoms. The number of amides is 1. The van der Waals surface area contributed by atoms with Crippen LogP contribution in [0.15, 0.2) is 22.3 Å². The zero-order chi connectivity index (χ0) is 15.7. The van der Waals surface area contributed by atoms with Crippen LogP contribution in [0, 0.1) is 0 Å². The van der Waals surface area contributed by atoms with E-state index in [1.54, 1.807) is 20.8 Å². The number of thiophene rings is 1. The molecule has 2 aromatic heterocycles. The summed E-state index contributed by atoms with van der Waals surface area (Å²) >= 11 is 1.56. The predicted octanol–water partition coefficient (Wildman–Crippen LogP) is 1.98. The van der Waals surface area contributed by atoms with Gasteiger partial charge in [0.2, 0.25) is 5.91 Å². The van der Waals surface area contributed by atoms with E-state index in [0.29, 0.717) is 18.9 Å². The van der Waals surface area contributed by atoms with Crippen LogP contribution in [0.2, 0.25) is 0 Å². The molecule has 118 valence electrons. The van der Waals surface area contributed by atoms with E-state index in [-0.39, 0.29) is 24.2 Å². The van der Waals surface area contributed by atoms with Gasteiger partial charge in [0.15, 0.2) is 5.82 Å². The van der Waals surface area contributed by atoms with Gasteiger partial charge in [-0.25, -0.2) is 9.48 Å². The van der Waals surface area contributed by atoms with Crippen LogP contribution in [0.5, 0.6) is 0 Å². The van der Waals surface area contributed by atoms with Crippen LogP contribution < -0.4 is 5.69 Å². The summed E-state index contributed by atoms with van der Waals surface area (Å²) in [6, 6.07) is 4.14. The van der Waals surface area contributed by atoms with Gasteiger partial charge in [0.1, 0.15) is 6.54 Å². The van der Waals surface area contributed by atoms with Gasteiger partial charge >= 0.3 is 5.69 Å². The SMILES string of the molecule is CCN(CC)C(=O)Cn1nc(-c2cccs2)n(C2CC2)c1=O. The van der Waals surface area contributed by atoms with Crippen LogP contribution >= 0.6 is 11.3 Å². The Morgan fingerprint density at radius 2 is 2.14 bits per heavy atom. The topological polar surface area (TPSA) is 60.1 Å². The quantitative estimate of drug-likeness (QED) is 0.817. The fraction of sp³-hybridized carbons (Fsp3) is 0.533. The number of carbonyl (C=O) groups excluding carboxylic acids is 1. The van der Waals surface area contributed by atoms with Crippen molar-refractivity contribution < 1.29 is 4.79 Å². The van der Waals surface area contributed by atoms with Gasteiger partial charge in [-0.2, -0.15) is 0 Å². The van der Waals surface area contributed by atoms with E-state index in [0.717, 1.165) is 17.7 Å². The zero-order valence-corrected chi connectivity index (χ0v) is 13.7. The molecule has 0 radical (unpaired) electrons. The van der Waals surface area contributed by atoms with Crippen LogP contribution in [0.1, 0.15) is 32.7 Å². The molecule has 1 aliphatic carbocycles. The van der Waals surface area contributed by atoms with Crippen LogP contribution in [-0.2, 0) is 11.3 Å². The van der Waals surface area contributed by atoms with E-state index in [4.69, 9.17) is 0 Å². The second kappa shape index (κ2) is 6.08. The fourth-order valence-electron chi connectivity index (χ4n) is 2.56. The Kier molecular flexibility index (Phi) is 4.15. The van der Waals surface area contributed by atoms with Crippen LogP contribution in [0.25, 0.3) is 10.7 Å². The number of likely N-dealkylation sites (N-methyl/N-ethyl adjacent to an activating group) is 1. The van der Waals surface area contributed by atoms with Gasteiger partial charge in [0.25, 0.3) is 0 Å². The molecule has 0 N–H and O–H groups in total. The maximum absolute atomic E-state index is 12.6. The number of carbonyl (C=O) groups is 1. The number of nitrogens with zero attached hydrogens (tertiary/aromatic N) is 4. The minimum Gasteiger partial charge on any atom is -0.342 e. The van der Waals surface area contributed by atoms with Gasteiger partial charge in [-0.1, -0.05) is 6.07 Å². The summed E-state index contributed by atoms with van der Waals surface area (Å²) in [7, 11) is 0. The van der Waals surface area contributed by atoms with Crippen molar-refractivity contribution in [2.45, 2.75) is 39.3 Å². The average molecular weight is 320 g/mol. The summed E-state index contributed by atoms with van der Waals surface area (Å²) in [5.74, 6) is 0.625. The lowest BCUT2D eigenvalue weighted by Crippen LogP contribution is -2.37. The van der Waals surface area contributed by atoms with Crippen molar-refractivity contribution in [1.82, 2.24) is 19.2 Å². The van der Waals surface area contributed by atoms with Crippen molar-refractivity contribution in [3.8, 4) is 10.7 Å². The van der Waals surface area contributed by atoms with Gasteiger partial charge in [-0.15, -0.1) is 16.4 Å². The standard InChI is InChI=1S/C15H20N4O2S/c1-3-17(4-2)13(20)10-18-15(21)19(11-7-8-11)14(16-18)12-6-5-9-22-12/h5-6,9,11H,3-4,7-8,10H2,1-2H3. The second-order valence-corrected chi connectivity index (χ2v) is 6.36. The third-order valence-corrected chi connectivity index (χ3v) is 4.79. The smallest absolute Gasteiger partial charge is 0.342 e. The molecule has 1 saturated carbocycles. The molecular weight excluding hydrogens is 300 g/mol. The van der Waals surface area contributed by atoms with Gasteiger partial charge in [-0.3, -0.25) is 9.36 Å². The van der Waals surface area contributed by atoms with Crippen molar-refractivity contribution in [3.05, 3.63) is 28.0 Å². The van der Waals surface area contributed by atoms with Gasteiger partial charge in [0, 0.05) is 19.1 Å². The van der Waals surface area contributed by atoms with Crippen LogP contribution in [-0.4, -0.2) is 38.2 Å². The van der Waals surface area contributed by atoms with Crippen molar-refractivity contribution >= 4 is 17.2 Å². The van der Waals surface area contributed by atoms with E-state index < -0.39 is 0 Å². The largest absolute Gasteiger partial charge is 0.346 e. The Hall–Kier alpha value is -1.89. The molecule has 3 rings (SSSR count). The first kappa shape index (κ1) is 15.0. The lowest BCUT2D eigenvalue weighted by Gasteiger charge is -2.17. The number of hydrogen-bond acceptors (Lipinski definition) is 4. The third-order valence-electron chi connectivity index (χ3n) is 3.93. The lowest BCUT2D eigenvalue weighted by molar-refractivity contribution is -0.131. The van der Waals surface area contributed by atoms with E-state index in [2.05, 4.69) is 5.10 Å². The molecule has 0 spiro atoms. The highest BCUT2D eigenvalue weighted by Gasteiger charge is 2.31. The number of aromatic nitrogens is 3. The minimum absolute atomic E-state index is 0.0125. The van der Waals surface area contributed by atoms with Crippen LogP contribution in [0.3, 0.4) is 0 Å². The molecule has 2 heterocycles. The van der Waals surface area contributed by atoms with E-state index >= 15 is 0 Å². The van der Waals surface area contributed by atoms with E-state index in [1.807, 2.05) is 31.4 Å². The Morgan fingerprint density at radius 3 is 2.68 bits per heavy atom. The number of rotatable bonds is 6. The molecule has 0 saturated heterocycles. The normalized spacial score (nSPS) is 14.3. The van der Waals surface area contributed by atoms with E-state index in [1.165, 1.54) is 4.68 Å². The number of hydrogen-bond donors (Lipinski definition) is 0. The molecule has 1 aliphatic rings. The molecule has 0 atom stereocenters. The summed E-state index contributed by atoms with van der Waals surface area (Å²) in [5, 5.41) is 6.40. The van der Waals surface area contributed by atoms with Crippen LogP contribution in [0.4, 0.5) is 0 Å². The Labute approximate surface area is 133 Å². The maximum Gasteiger partial charge on any atom is 0.346 e. The zero-order valence-electron chi connectivity index (χ0n) is 12.9. The first-order valence-electron chi connectivity index (χ1n) is 7.66. The molecule has 0 aromatic carbocycles. The first-order valence-corrected chi connectivity index (χ1v) is 8.54. The summed E-state index contributed by atoms with van der Waals surface area (Å²) in [5.41, 5.74) is -0.175. The molecule has 1 fully saturated rings. The van der Waals surface area contributed by atoms with Gasteiger partial charge in [0.05, 0.1) is 4.88 Å². The molecule has 2 aromatic rings. The van der Waals surface area contributed by atoms with Crippen molar-refractivity contribution in [2.24, 2.45) is 0 Å². The van der Waals surface area contributed by atoms with Gasteiger partial charge in [-0.05, 0) is 38.1 Å². The summed E-state index contributed by atoms with van der Waals surface area (Å²) in [6.45, 7) is 5.17. The molecule has 7 heteroatoms. The monoisotopic (exact) mass is 320 g/mol. The maximum atomic E-state index is 12.6. The fourth-order valence-corrected chi connectivity index (χ4v) is 3.27. The van der Waals surface area contributed by atoms with Crippen molar-refractivity contribution in [1.29, 1.82) is 0 Å². The Balaban J connectivity index is 1.94. The highest BCUT2D eigenvalue weighted by Crippen LogP contribution is 2.37. The second-order valence-electron chi connectivity index (χ2n) is 5.41. The molecule has 1 amide bonds. The minimum atomic E-state index is -0.175. The summed E-state index contributed by atoms with van der Waals surface area (Å²) in [6.07, 6.45) is 2.02. The molecule has 6 nitrogen and oxygen atoms in total. The third kappa shape index (κ3) is 2.72. The highest BCUT2D eigenvalue weighted by atomic mass is 32.1. The Bertz CT molecular complexity index is 708. The summed E-state index contributed by atoms with van der Waals surface area (Å²) in [4.78, 5) is 27.5. The molecular formula is C15H20N4O2S. The van der Waals surface area contributed by atoms with Crippen molar-refractivity contribution in [2.75, 3.05) is 13.1 Å². The van der Waals surface area contributed by atoms with Gasteiger partial charge < -0.3 is 4.90 Å². The Morgan fingerprint density at radius 1 is 1.41 bits per heavy atom. The molecule has 22 heavy (non-hydrogen) atoms. The highest BCUT2D eigenvalue weighted by molar-refractivity contribution is 7.13. The van der Waals surface area contributed by atoms with Crippen molar-refractivity contribution in [3.63, 3.8) is 0 Å². The molecule has 0 aliphatic heterocycles. The summed E-state index contributed by atoms with van der Waals surface area (Å²) < 4.78 is 3.06. The lowest BCUT2D eigenvalue weighted by atomic mass is 10.4. The average Bonchev–Trinajstić information content (AvgIpc) is 3.09. The predicted molar refractivity (Wildman–Crippen MR) is 86.0 cm³/mol.